The third-order valence-electron chi connectivity index (χ3n) is 3.67. The van der Waals surface area contributed by atoms with Crippen LogP contribution in [-0.2, 0) is 13.1 Å². The van der Waals surface area contributed by atoms with Crippen LogP contribution in [-0.4, -0.2) is 27.5 Å². The van der Waals surface area contributed by atoms with Crippen molar-refractivity contribution in [3.05, 3.63) is 77.5 Å². The Balaban J connectivity index is 1.58. The number of rotatable bonds is 5. The lowest BCUT2D eigenvalue weighted by Gasteiger charge is -2.13. The Morgan fingerprint density at radius 1 is 1.16 bits per heavy atom. The second kappa shape index (κ2) is 8.30. The highest BCUT2D eigenvalue weighted by atomic mass is 35.5. The molecule has 0 radical (unpaired) electrons. The van der Waals surface area contributed by atoms with Gasteiger partial charge in [-0.1, -0.05) is 29.8 Å². The molecule has 6 nitrogen and oxygen atoms in total. The molecule has 7 heteroatoms. The molecule has 2 heterocycles. The number of nitrogens with one attached hydrogen (secondary N) is 2. The molecule has 2 N–H and O–H groups in total. The van der Waals surface area contributed by atoms with Gasteiger partial charge in [0.05, 0.1) is 0 Å². The van der Waals surface area contributed by atoms with E-state index in [1.807, 2.05) is 47.2 Å². The number of nitrogens with zero attached hydrogens (tertiary/aromatic N) is 4. The molecule has 2 aromatic heterocycles. The van der Waals surface area contributed by atoms with Crippen molar-refractivity contribution < 1.29 is 0 Å². The summed E-state index contributed by atoms with van der Waals surface area (Å²) in [5.74, 6) is 1.54. The number of pyridine rings is 1. The Labute approximate surface area is 151 Å². The minimum Gasteiger partial charge on any atom is -0.352 e. The Hall–Kier alpha value is -2.86. The van der Waals surface area contributed by atoms with Crippen LogP contribution in [0, 0.1) is 0 Å². The minimum absolute atomic E-state index is 0.607. The number of imidazole rings is 1. The molecular weight excluding hydrogens is 336 g/mol. The number of benzene rings is 1. The third-order valence-corrected chi connectivity index (χ3v) is 4.04. The zero-order valence-electron chi connectivity index (χ0n) is 13.9. The molecule has 3 aromatic rings. The van der Waals surface area contributed by atoms with Gasteiger partial charge in [-0.15, -0.1) is 0 Å². The molecule has 0 saturated carbocycles. The zero-order chi connectivity index (χ0) is 17.5. The fraction of sp³-hybridized carbons (Fsp3) is 0.167. The summed E-state index contributed by atoms with van der Waals surface area (Å²) in [5, 5.41) is 7.29. The highest BCUT2D eigenvalue weighted by molar-refractivity contribution is 6.31. The van der Waals surface area contributed by atoms with Crippen molar-refractivity contribution in [2.75, 3.05) is 7.05 Å². The van der Waals surface area contributed by atoms with Crippen molar-refractivity contribution in [3.8, 4) is 5.82 Å². The van der Waals surface area contributed by atoms with E-state index in [9.17, 15) is 0 Å². The van der Waals surface area contributed by atoms with E-state index in [1.54, 1.807) is 25.8 Å². The molecule has 0 atom stereocenters. The summed E-state index contributed by atoms with van der Waals surface area (Å²) in [6.07, 6.45) is 7.10. The summed E-state index contributed by atoms with van der Waals surface area (Å²) in [6, 6.07) is 11.7. The molecule has 0 saturated heterocycles. The van der Waals surface area contributed by atoms with E-state index in [2.05, 4.69) is 25.6 Å². The van der Waals surface area contributed by atoms with Crippen LogP contribution in [0.1, 0.15) is 11.1 Å². The average molecular weight is 355 g/mol. The lowest BCUT2D eigenvalue weighted by Crippen LogP contribution is -2.36. The molecule has 0 bridgehead atoms. The molecule has 0 aliphatic carbocycles. The molecule has 0 aliphatic heterocycles. The van der Waals surface area contributed by atoms with Gasteiger partial charge in [-0.25, -0.2) is 9.97 Å². The summed E-state index contributed by atoms with van der Waals surface area (Å²) >= 11 is 6.18. The smallest absolute Gasteiger partial charge is 0.191 e. The van der Waals surface area contributed by atoms with E-state index in [4.69, 9.17) is 11.6 Å². The van der Waals surface area contributed by atoms with Crippen LogP contribution in [0.3, 0.4) is 0 Å². The van der Waals surface area contributed by atoms with Gasteiger partial charge in [-0.2, -0.15) is 0 Å². The maximum absolute atomic E-state index is 6.18. The first kappa shape index (κ1) is 17.0. The van der Waals surface area contributed by atoms with Gasteiger partial charge in [0.2, 0.25) is 0 Å². The van der Waals surface area contributed by atoms with Gasteiger partial charge in [0.25, 0.3) is 0 Å². The number of guanidine groups is 1. The van der Waals surface area contributed by atoms with E-state index in [0.29, 0.717) is 19.0 Å². The van der Waals surface area contributed by atoms with Gasteiger partial charge >= 0.3 is 0 Å². The number of aromatic nitrogens is 3. The van der Waals surface area contributed by atoms with E-state index < -0.39 is 0 Å². The first-order valence-corrected chi connectivity index (χ1v) is 8.25. The fourth-order valence-corrected chi connectivity index (χ4v) is 2.54. The Bertz CT molecular complexity index is 844. The predicted molar refractivity (Wildman–Crippen MR) is 99.8 cm³/mol. The second-order valence-electron chi connectivity index (χ2n) is 5.36. The van der Waals surface area contributed by atoms with Gasteiger partial charge in [-0.3, -0.25) is 9.56 Å². The van der Waals surface area contributed by atoms with Crippen LogP contribution >= 0.6 is 11.6 Å². The summed E-state index contributed by atoms with van der Waals surface area (Å²) in [5.41, 5.74) is 2.12. The van der Waals surface area contributed by atoms with Crippen molar-refractivity contribution in [1.82, 2.24) is 25.2 Å². The molecule has 0 spiro atoms. The molecule has 25 heavy (non-hydrogen) atoms. The van der Waals surface area contributed by atoms with Crippen molar-refractivity contribution in [2.24, 2.45) is 4.99 Å². The Kier molecular flexibility index (Phi) is 5.64. The van der Waals surface area contributed by atoms with Gasteiger partial charge in [0, 0.05) is 43.8 Å². The monoisotopic (exact) mass is 354 g/mol. The molecule has 0 aliphatic rings. The first-order chi connectivity index (χ1) is 12.3. The molecule has 0 unspecified atom stereocenters. The normalized spacial score (nSPS) is 11.4. The molecule has 0 fully saturated rings. The molecule has 0 amide bonds. The fourth-order valence-electron chi connectivity index (χ4n) is 2.33. The van der Waals surface area contributed by atoms with E-state index >= 15 is 0 Å². The quantitative estimate of drug-likeness (QED) is 0.546. The topological polar surface area (TPSA) is 67.1 Å². The maximum Gasteiger partial charge on any atom is 0.191 e. The van der Waals surface area contributed by atoms with E-state index in [-0.39, 0.29) is 0 Å². The van der Waals surface area contributed by atoms with E-state index in [0.717, 1.165) is 22.0 Å². The van der Waals surface area contributed by atoms with Gasteiger partial charge in [-0.05, 0) is 29.3 Å². The van der Waals surface area contributed by atoms with Crippen LogP contribution in [0.5, 0.6) is 0 Å². The van der Waals surface area contributed by atoms with Crippen molar-refractivity contribution in [2.45, 2.75) is 13.1 Å². The average Bonchev–Trinajstić information content (AvgIpc) is 3.18. The predicted octanol–water partition coefficient (Wildman–Crippen LogP) is 2.79. The SMILES string of the molecule is CN=C(NCc1ccnc(-n2ccnc2)c1)NCc1ccccc1Cl. The molecule has 1 aromatic carbocycles. The molecule has 128 valence electrons. The Morgan fingerprint density at radius 2 is 2.00 bits per heavy atom. The molecule has 3 rings (SSSR count). The second-order valence-corrected chi connectivity index (χ2v) is 5.77. The van der Waals surface area contributed by atoms with Gasteiger partial charge < -0.3 is 10.6 Å². The number of hydrogen-bond donors (Lipinski definition) is 2. The van der Waals surface area contributed by atoms with Crippen LogP contribution in [0.2, 0.25) is 5.02 Å². The Morgan fingerprint density at radius 3 is 2.76 bits per heavy atom. The molecular formula is C18H19ClN6. The summed E-state index contributed by atoms with van der Waals surface area (Å²) in [4.78, 5) is 12.6. The maximum atomic E-state index is 6.18. The van der Waals surface area contributed by atoms with Crippen LogP contribution in [0.15, 0.2) is 66.3 Å². The number of aliphatic imine (C=N–C) groups is 1. The number of hydrogen-bond acceptors (Lipinski definition) is 3. The lowest BCUT2D eigenvalue weighted by molar-refractivity contribution is 0.806. The number of halogens is 1. The van der Waals surface area contributed by atoms with Crippen molar-refractivity contribution in [1.29, 1.82) is 0 Å². The van der Waals surface area contributed by atoms with E-state index in [1.165, 1.54) is 0 Å². The highest BCUT2D eigenvalue weighted by Crippen LogP contribution is 2.14. The largest absolute Gasteiger partial charge is 0.352 e. The first-order valence-electron chi connectivity index (χ1n) is 7.87. The van der Waals surface area contributed by atoms with Crippen LogP contribution in [0.4, 0.5) is 0 Å². The van der Waals surface area contributed by atoms with Crippen LogP contribution in [0.25, 0.3) is 5.82 Å². The summed E-state index contributed by atoms with van der Waals surface area (Å²) in [7, 11) is 1.74. The van der Waals surface area contributed by atoms with Crippen LogP contribution < -0.4 is 10.6 Å². The standard InChI is InChI=1S/C18H19ClN6/c1-20-18(24-12-15-4-2-3-5-16(15)19)23-11-14-6-7-22-17(10-14)25-9-8-21-13-25/h2-10,13H,11-12H2,1H3,(H2,20,23,24). The van der Waals surface area contributed by atoms with Gasteiger partial charge in [0.1, 0.15) is 12.1 Å². The summed E-state index contributed by atoms with van der Waals surface area (Å²) < 4.78 is 1.87. The van der Waals surface area contributed by atoms with Crippen molar-refractivity contribution in [3.63, 3.8) is 0 Å². The minimum atomic E-state index is 0.607. The highest BCUT2D eigenvalue weighted by Gasteiger charge is 2.03. The third kappa shape index (κ3) is 4.58. The van der Waals surface area contributed by atoms with Crippen molar-refractivity contribution >= 4 is 17.6 Å². The van der Waals surface area contributed by atoms with Gasteiger partial charge in [0.15, 0.2) is 5.96 Å². The lowest BCUT2D eigenvalue weighted by atomic mass is 10.2. The zero-order valence-corrected chi connectivity index (χ0v) is 14.6. The summed E-state index contributed by atoms with van der Waals surface area (Å²) in [6.45, 7) is 1.24.